The largest absolute Gasteiger partial charge is 0.478 e. The van der Waals surface area contributed by atoms with Crippen LogP contribution in [0.2, 0.25) is 0 Å². The van der Waals surface area contributed by atoms with Crippen LogP contribution in [0.4, 0.5) is 0 Å². The molecule has 0 aromatic heterocycles. The van der Waals surface area contributed by atoms with Crippen molar-refractivity contribution >= 4 is 16.9 Å². The monoisotopic (exact) mass is 151 g/mol. The van der Waals surface area contributed by atoms with E-state index in [2.05, 4.69) is 0 Å². The first-order chi connectivity index (χ1) is 4.16. The van der Waals surface area contributed by atoms with E-state index in [0.29, 0.717) is 5.75 Å². The average molecular weight is 151 g/mol. The second-order valence-corrected chi connectivity index (χ2v) is 4.01. The molecule has 0 aliphatic rings. The SMILES string of the molecule is C[S+](CCO)CC(=O)O. The number of hydrogen-bond donors (Lipinski definition) is 2. The molecule has 0 bridgehead atoms. The van der Waals surface area contributed by atoms with Gasteiger partial charge >= 0.3 is 5.97 Å². The molecule has 9 heavy (non-hydrogen) atoms. The normalized spacial score (nSPS) is 13.1. The Morgan fingerprint density at radius 3 is 2.56 bits per heavy atom. The summed E-state index contributed by atoms with van der Waals surface area (Å²) in [5.41, 5.74) is 0. The third-order valence-corrected chi connectivity index (χ3v) is 2.43. The van der Waals surface area contributed by atoms with Gasteiger partial charge in [0.05, 0.1) is 12.9 Å². The quantitative estimate of drug-likeness (QED) is 0.523. The number of aliphatic carboxylic acids is 1. The van der Waals surface area contributed by atoms with E-state index < -0.39 is 5.97 Å². The molecule has 0 spiro atoms. The van der Waals surface area contributed by atoms with E-state index in [0.717, 1.165) is 0 Å². The predicted molar refractivity (Wildman–Crippen MR) is 37.7 cm³/mol. The summed E-state index contributed by atoms with van der Waals surface area (Å²) >= 11 is 0. The van der Waals surface area contributed by atoms with E-state index in [1.54, 1.807) is 0 Å². The smallest absolute Gasteiger partial charge is 0.353 e. The zero-order chi connectivity index (χ0) is 7.28. The first kappa shape index (κ1) is 8.78. The summed E-state index contributed by atoms with van der Waals surface area (Å²) in [4.78, 5) is 10.0. The summed E-state index contributed by atoms with van der Waals surface area (Å²) in [5.74, 6) is 0.00151. The number of hydrogen-bond acceptors (Lipinski definition) is 2. The lowest BCUT2D eigenvalue weighted by Crippen LogP contribution is -2.19. The van der Waals surface area contributed by atoms with Gasteiger partial charge in [-0.2, -0.15) is 0 Å². The van der Waals surface area contributed by atoms with Gasteiger partial charge in [0.1, 0.15) is 5.75 Å². The van der Waals surface area contributed by atoms with Crippen LogP contribution < -0.4 is 0 Å². The van der Waals surface area contributed by atoms with Crippen LogP contribution in [-0.4, -0.2) is 40.6 Å². The Labute approximate surface area is 57.0 Å². The summed E-state index contributed by atoms with van der Waals surface area (Å²) < 4.78 is 0. The second kappa shape index (κ2) is 4.64. The van der Waals surface area contributed by atoms with E-state index in [1.165, 1.54) is 0 Å². The lowest BCUT2D eigenvalue weighted by molar-refractivity contribution is -0.133. The van der Waals surface area contributed by atoms with Gasteiger partial charge in [0.15, 0.2) is 0 Å². The highest BCUT2D eigenvalue weighted by Gasteiger charge is 2.14. The highest BCUT2D eigenvalue weighted by Crippen LogP contribution is 1.88. The maximum absolute atomic E-state index is 10.0. The molecule has 2 N–H and O–H groups in total. The number of carbonyl (C=O) groups is 1. The fourth-order valence-corrected chi connectivity index (χ4v) is 1.32. The molecule has 0 rings (SSSR count). The van der Waals surface area contributed by atoms with Gasteiger partial charge in [-0.3, -0.25) is 0 Å². The van der Waals surface area contributed by atoms with Crippen molar-refractivity contribution in [2.45, 2.75) is 0 Å². The molecule has 0 aromatic rings. The average Bonchev–Trinajstić information content (AvgIpc) is 1.63. The van der Waals surface area contributed by atoms with Crippen LogP contribution in [0.5, 0.6) is 0 Å². The van der Waals surface area contributed by atoms with Crippen LogP contribution in [0, 0.1) is 0 Å². The van der Waals surface area contributed by atoms with E-state index in [-0.39, 0.29) is 23.3 Å². The zero-order valence-corrected chi connectivity index (χ0v) is 6.15. The Hall–Kier alpha value is -0.220. The predicted octanol–water partition coefficient (Wildman–Crippen LogP) is -0.689. The summed E-state index contributed by atoms with van der Waals surface area (Å²) in [6, 6.07) is 0. The fraction of sp³-hybridized carbons (Fsp3) is 0.800. The molecule has 0 saturated heterocycles. The van der Waals surface area contributed by atoms with Crippen molar-refractivity contribution in [2.24, 2.45) is 0 Å². The van der Waals surface area contributed by atoms with Crippen molar-refractivity contribution in [3.8, 4) is 0 Å². The van der Waals surface area contributed by atoms with Crippen molar-refractivity contribution < 1.29 is 15.0 Å². The van der Waals surface area contributed by atoms with E-state index in [1.807, 2.05) is 6.26 Å². The van der Waals surface area contributed by atoms with Crippen LogP contribution in [0.1, 0.15) is 0 Å². The minimum atomic E-state index is -0.783. The van der Waals surface area contributed by atoms with Crippen LogP contribution in [-0.2, 0) is 15.7 Å². The van der Waals surface area contributed by atoms with Gasteiger partial charge in [-0.1, -0.05) is 0 Å². The highest BCUT2D eigenvalue weighted by molar-refractivity contribution is 7.96. The van der Waals surface area contributed by atoms with Crippen LogP contribution >= 0.6 is 0 Å². The van der Waals surface area contributed by atoms with Crippen molar-refractivity contribution in [3.05, 3.63) is 0 Å². The lowest BCUT2D eigenvalue weighted by Gasteiger charge is -1.94. The van der Waals surface area contributed by atoms with Gasteiger partial charge in [-0.15, -0.1) is 0 Å². The Morgan fingerprint density at radius 2 is 2.22 bits per heavy atom. The van der Waals surface area contributed by atoms with Crippen molar-refractivity contribution in [1.29, 1.82) is 0 Å². The van der Waals surface area contributed by atoms with Gasteiger partial charge in [0.2, 0.25) is 5.75 Å². The van der Waals surface area contributed by atoms with Gasteiger partial charge in [-0.05, 0) is 10.9 Å². The molecule has 54 valence electrons. The van der Waals surface area contributed by atoms with Gasteiger partial charge < -0.3 is 10.2 Å². The molecule has 0 saturated carbocycles. The molecule has 4 heteroatoms. The molecule has 0 aliphatic carbocycles. The molecule has 0 radical (unpaired) electrons. The Bertz CT molecular complexity index is 94.2. The maximum atomic E-state index is 10.0. The standard InChI is InChI=1S/C5H10O3S/c1-9(3-2-6)4-5(7)8/h6H,2-4H2,1H3/p+1. The lowest BCUT2D eigenvalue weighted by atomic mass is 10.8. The topological polar surface area (TPSA) is 57.5 Å². The summed E-state index contributed by atoms with van der Waals surface area (Å²) in [5, 5.41) is 16.6. The number of rotatable bonds is 4. The molecule has 1 unspecified atom stereocenters. The van der Waals surface area contributed by atoms with Crippen LogP contribution in [0.25, 0.3) is 0 Å². The van der Waals surface area contributed by atoms with Crippen LogP contribution in [0.15, 0.2) is 0 Å². The minimum Gasteiger partial charge on any atom is -0.478 e. The summed E-state index contributed by atoms with van der Waals surface area (Å²) in [6.07, 6.45) is 1.84. The van der Waals surface area contributed by atoms with Crippen molar-refractivity contribution in [3.63, 3.8) is 0 Å². The molecule has 3 nitrogen and oxygen atoms in total. The zero-order valence-electron chi connectivity index (χ0n) is 5.33. The third-order valence-electron chi connectivity index (χ3n) is 0.810. The fourth-order valence-electron chi connectivity index (χ4n) is 0.439. The van der Waals surface area contributed by atoms with E-state index >= 15 is 0 Å². The van der Waals surface area contributed by atoms with Crippen molar-refractivity contribution in [2.75, 3.05) is 24.4 Å². The first-order valence-electron chi connectivity index (χ1n) is 2.58. The molecular formula is C5H11O3S+. The molecule has 0 aliphatic heterocycles. The number of carboxylic acids is 1. The van der Waals surface area contributed by atoms with E-state index in [4.69, 9.17) is 10.2 Å². The minimum absolute atomic E-state index is 0.0902. The molecule has 1 atom stereocenters. The molecular weight excluding hydrogens is 140 g/mol. The van der Waals surface area contributed by atoms with Gasteiger partial charge in [0, 0.05) is 0 Å². The highest BCUT2D eigenvalue weighted by atomic mass is 32.2. The Balaban J connectivity index is 3.26. The molecule has 0 amide bonds. The third kappa shape index (κ3) is 5.65. The molecule has 0 heterocycles. The summed E-state index contributed by atoms with van der Waals surface area (Å²) in [6.45, 7) is 0.0902. The Morgan fingerprint density at radius 1 is 1.67 bits per heavy atom. The summed E-state index contributed by atoms with van der Waals surface area (Å²) in [7, 11) is -0.150. The Kier molecular flexibility index (Phi) is 4.53. The van der Waals surface area contributed by atoms with E-state index in [9.17, 15) is 4.79 Å². The van der Waals surface area contributed by atoms with Gasteiger partial charge in [-0.25, -0.2) is 4.79 Å². The number of aliphatic hydroxyl groups is 1. The molecule has 0 aromatic carbocycles. The maximum Gasteiger partial charge on any atom is 0.353 e. The molecule has 0 fully saturated rings. The first-order valence-corrected chi connectivity index (χ1v) is 4.55. The van der Waals surface area contributed by atoms with Crippen LogP contribution in [0.3, 0.4) is 0 Å². The second-order valence-electron chi connectivity index (χ2n) is 1.75. The van der Waals surface area contributed by atoms with Crippen molar-refractivity contribution in [1.82, 2.24) is 0 Å². The van der Waals surface area contributed by atoms with Gasteiger partial charge in [0.25, 0.3) is 0 Å². The number of aliphatic hydroxyl groups excluding tert-OH is 1. The number of carboxylic acid groups (broad SMARTS) is 1.